The van der Waals surface area contributed by atoms with Crippen LogP contribution in [0.25, 0.3) is 16.1 Å². The number of amidine groups is 1. The van der Waals surface area contributed by atoms with E-state index in [-0.39, 0.29) is 23.9 Å². The topological polar surface area (TPSA) is 77.3 Å². The molecule has 26 heavy (non-hydrogen) atoms. The molecule has 0 spiro atoms. The minimum Gasteiger partial charge on any atom is -0.510 e. The normalized spacial score (nSPS) is 14.3. The number of Topliss-reactive ketones (excluding diaryl/α,β-unsaturated/α-hetero) is 1. The zero-order valence-corrected chi connectivity index (χ0v) is 15.5. The average Bonchev–Trinajstić information content (AvgIpc) is 3.35. The lowest BCUT2D eigenvalue weighted by atomic mass is 10.1. The lowest BCUT2D eigenvalue weighted by Gasteiger charge is -2.18. The molecule has 1 aliphatic rings. The summed E-state index contributed by atoms with van der Waals surface area (Å²) in [4.78, 5) is 18.8. The fourth-order valence-corrected chi connectivity index (χ4v) is 4.47. The Labute approximate surface area is 158 Å². The van der Waals surface area contributed by atoms with Crippen LogP contribution >= 0.6 is 22.7 Å². The van der Waals surface area contributed by atoms with Crippen molar-refractivity contribution in [3.05, 3.63) is 63.5 Å². The fraction of sp³-hybridized carbons (Fsp3) is 0.105. The predicted octanol–water partition coefficient (Wildman–Crippen LogP) is 4.84. The minimum atomic E-state index is -0.00129. The van der Waals surface area contributed by atoms with Gasteiger partial charge in [-0.25, -0.2) is 4.98 Å². The molecule has 0 amide bonds. The second-order valence-corrected chi connectivity index (χ2v) is 7.68. The molecule has 0 atom stereocenters. The molecule has 0 saturated carbocycles. The van der Waals surface area contributed by atoms with Gasteiger partial charge in [0.25, 0.3) is 0 Å². The van der Waals surface area contributed by atoms with E-state index >= 15 is 0 Å². The quantitative estimate of drug-likeness (QED) is 0.634. The molecule has 1 aliphatic heterocycles. The number of anilines is 1. The van der Waals surface area contributed by atoms with Crippen molar-refractivity contribution in [2.45, 2.75) is 6.92 Å². The number of ketones is 1. The number of hydrogen-bond donors (Lipinski definition) is 2. The standard InChI is InChI=1S/C19H15N3O2S2/c1-11(23)12-4-6-13(7-5-12)22-9-15(24)17(18(22)20)19-21-14(10-26-19)16-3-2-8-25-16/h2-8,10,20,24H,9H2,1H3. The molecular formula is C19H15N3O2S2. The largest absolute Gasteiger partial charge is 0.510 e. The van der Waals surface area contributed by atoms with Crippen LogP contribution in [-0.2, 0) is 0 Å². The van der Waals surface area contributed by atoms with Gasteiger partial charge in [0.2, 0.25) is 0 Å². The van der Waals surface area contributed by atoms with Crippen molar-refractivity contribution in [1.82, 2.24) is 4.98 Å². The number of nitrogens with one attached hydrogen (secondary N) is 1. The number of thiophene rings is 1. The summed E-state index contributed by atoms with van der Waals surface area (Å²) in [6.45, 7) is 1.74. The summed E-state index contributed by atoms with van der Waals surface area (Å²) in [6, 6.07) is 11.0. The third kappa shape index (κ3) is 2.85. The molecule has 0 unspecified atom stereocenters. The Morgan fingerprint density at radius 3 is 2.65 bits per heavy atom. The highest BCUT2D eigenvalue weighted by Gasteiger charge is 2.31. The molecular weight excluding hydrogens is 366 g/mol. The van der Waals surface area contributed by atoms with E-state index in [1.165, 1.54) is 18.3 Å². The maximum atomic E-state index is 11.4. The van der Waals surface area contributed by atoms with Crippen LogP contribution in [-0.4, -0.2) is 28.3 Å². The number of hydrogen-bond acceptors (Lipinski definition) is 6. The summed E-state index contributed by atoms with van der Waals surface area (Å²) in [5.74, 6) is 0.349. The average molecular weight is 381 g/mol. The van der Waals surface area contributed by atoms with Gasteiger partial charge in [0.1, 0.15) is 16.6 Å². The molecule has 0 fully saturated rings. The number of carbonyl (C=O) groups excluding carboxylic acids is 1. The van der Waals surface area contributed by atoms with Crippen molar-refractivity contribution in [2.75, 3.05) is 11.4 Å². The Morgan fingerprint density at radius 2 is 2.00 bits per heavy atom. The third-order valence-corrected chi connectivity index (χ3v) is 5.93. The smallest absolute Gasteiger partial charge is 0.159 e. The van der Waals surface area contributed by atoms with Gasteiger partial charge in [0, 0.05) is 16.6 Å². The maximum Gasteiger partial charge on any atom is 0.159 e. The van der Waals surface area contributed by atoms with Gasteiger partial charge in [0.15, 0.2) is 5.78 Å². The first-order valence-corrected chi connectivity index (χ1v) is 9.70. The molecule has 0 aliphatic carbocycles. The SMILES string of the molecule is CC(=O)c1ccc(N2CC(O)=C(c3nc(-c4cccs4)cs3)C2=N)cc1. The van der Waals surface area contributed by atoms with Gasteiger partial charge in [-0.15, -0.1) is 22.7 Å². The molecule has 7 heteroatoms. The zero-order chi connectivity index (χ0) is 18.3. The van der Waals surface area contributed by atoms with Crippen LogP contribution in [0.15, 0.2) is 52.9 Å². The van der Waals surface area contributed by atoms with Gasteiger partial charge in [0.05, 0.1) is 22.7 Å². The van der Waals surface area contributed by atoms with Gasteiger partial charge in [-0.2, -0.15) is 0 Å². The van der Waals surface area contributed by atoms with E-state index in [4.69, 9.17) is 5.41 Å². The summed E-state index contributed by atoms with van der Waals surface area (Å²) in [6.07, 6.45) is 0. The number of aliphatic hydroxyl groups excluding tert-OH is 1. The van der Waals surface area contributed by atoms with E-state index in [2.05, 4.69) is 4.98 Å². The first kappa shape index (κ1) is 16.7. The Hall–Kier alpha value is -2.77. The van der Waals surface area contributed by atoms with E-state index in [1.54, 1.807) is 40.5 Å². The number of thiazole rings is 1. The summed E-state index contributed by atoms with van der Waals surface area (Å²) >= 11 is 3.03. The number of aliphatic hydroxyl groups is 1. The minimum absolute atomic E-state index is 0.00129. The number of benzene rings is 1. The highest BCUT2D eigenvalue weighted by molar-refractivity contribution is 7.14. The summed E-state index contributed by atoms with van der Waals surface area (Å²) in [5, 5.41) is 23.5. The van der Waals surface area contributed by atoms with Crippen LogP contribution in [0.5, 0.6) is 0 Å². The van der Waals surface area contributed by atoms with E-state index in [9.17, 15) is 9.90 Å². The second-order valence-electron chi connectivity index (χ2n) is 5.87. The molecule has 130 valence electrons. The summed E-state index contributed by atoms with van der Waals surface area (Å²) < 4.78 is 0. The lowest BCUT2D eigenvalue weighted by Crippen LogP contribution is -2.26. The van der Waals surface area contributed by atoms with Crippen LogP contribution in [0.4, 0.5) is 5.69 Å². The Morgan fingerprint density at radius 1 is 1.23 bits per heavy atom. The van der Waals surface area contributed by atoms with Gasteiger partial charge < -0.3 is 10.0 Å². The van der Waals surface area contributed by atoms with Crippen LogP contribution in [0.2, 0.25) is 0 Å². The summed E-state index contributed by atoms with van der Waals surface area (Å²) in [5.41, 5.74) is 2.71. The fourth-order valence-electron chi connectivity index (χ4n) is 2.83. The summed E-state index contributed by atoms with van der Waals surface area (Å²) in [7, 11) is 0. The highest BCUT2D eigenvalue weighted by Crippen LogP contribution is 2.35. The second kappa shape index (κ2) is 6.51. The van der Waals surface area contributed by atoms with Crippen molar-refractivity contribution in [1.29, 1.82) is 5.41 Å². The number of nitrogens with zero attached hydrogens (tertiary/aromatic N) is 2. The molecule has 0 radical (unpaired) electrons. The van der Waals surface area contributed by atoms with Crippen LogP contribution < -0.4 is 4.90 Å². The molecule has 0 saturated heterocycles. The molecule has 4 rings (SSSR count). The van der Waals surface area contributed by atoms with Crippen molar-refractivity contribution >= 4 is 45.6 Å². The van der Waals surface area contributed by atoms with E-state index in [1.807, 2.05) is 22.9 Å². The third-order valence-electron chi connectivity index (χ3n) is 4.18. The Balaban J connectivity index is 1.62. The first-order valence-electron chi connectivity index (χ1n) is 7.94. The van der Waals surface area contributed by atoms with E-state index in [0.717, 1.165) is 16.3 Å². The van der Waals surface area contributed by atoms with E-state index < -0.39 is 0 Å². The number of carbonyl (C=O) groups is 1. The lowest BCUT2D eigenvalue weighted by molar-refractivity contribution is 0.101. The molecule has 3 heterocycles. The first-order chi connectivity index (χ1) is 12.5. The number of rotatable bonds is 4. The van der Waals surface area contributed by atoms with Gasteiger partial charge in [-0.3, -0.25) is 10.2 Å². The van der Waals surface area contributed by atoms with Gasteiger partial charge in [-0.1, -0.05) is 6.07 Å². The van der Waals surface area contributed by atoms with Crippen LogP contribution in [0.3, 0.4) is 0 Å². The highest BCUT2D eigenvalue weighted by atomic mass is 32.1. The van der Waals surface area contributed by atoms with Crippen molar-refractivity contribution < 1.29 is 9.90 Å². The molecule has 1 aromatic carbocycles. The predicted molar refractivity (Wildman–Crippen MR) is 106 cm³/mol. The number of aromatic nitrogens is 1. The molecule has 5 nitrogen and oxygen atoms in total. The maximum absolute atomic E-state index is 11.4. The monoisotopic (exact) mass is 381 g/mol. The van der Waals surface area contributed by atoms with Crippen LogP contribution in [0.1, 0.15) is 22.3 Å². The van der Waals surface area contributed by atoms with Gasteiger partial charge >= 0.3 is 0 Å². The van der Waals surface area contributed by atoms with Crippen LogP contribution in [0, 0.1) is 5.41 Å². The van der Waals surface area contributed by atoms with E-state index in [0.29, 0.717) is 16.1 Å². The molecule has 0 bridgehead atoms. The molecule has 2 aromatic heterocycles. The van der Waals surface area contributed by atoms with Crippen molar-refractivity contribution in [2.24, 2.45) is 0 Å². The Kier molecular flexibility index (Phi) is 4.18. The zero-order valence-electron chi connectivity index (χ0n) is 13.9. The van der Waals surface area contributed by atoms with Crippen molar-refractivity contribution in [3.8, 4) is 10.6 Å². The van der Waals surface area contributed by atoms with Crippen molar-refractivity contribution in [3.63, 3.8) is 0 Å². The molecule has 3 aromatic rings. The Bertz CT molecular complexity index is 1020. The molecule has 2 N–H and O–H groups in total. The van der Waals surface area contributed by atoms with Gasteiger partial charge in [-0.05, 0) is 42.6 Å².